The van der Waals surface area contributed by atoms with E-state index >= 15 is 0 Å². The lowest BCUT2D eigenvalue weighted by Crippen LogP contribution is -2.20. The molecule has 0 bridgehead atoms. The highest BCUT2D eigenvalue weighted by atomic mass is 35.5. The summed E-state index contributed by atoms with van der Waals surface area (Å²) in [5, 5.41) is 20.2. The molecule has 1 unspecified atom stereocenters. The SMILES string of the molecule is CC(O)(CCC#N)c1ccc(-c2ccc(Cl)cc2Cl)cc1. The van der Waals surface area contributed by atoms with Crippen molar-refractivity contribution < 1.29 is 5.11 Å². The second-order valence-corrected chi connectivity index (χ2v) is 5.98. The minimum absolute atomic E-state index is 0.317. The van der Waals surface area contributed by atoms with E-state index in [-0.39, 0.29) is 0 Å². The summed E-state index contributed by atoms with van der Waals surface area (Å²) in [6.45, 7) is 1.72. The summed E-state index contributed by atoms with van der Waals surface area (Å²) in [6.07, 6.45) is 0.725. The molecule has 108 valence electrons. The van der Waals surface area contributed by atoms with Crippen molar-refractivity contribution in [1.29, 1.82) is 5.26 Å². The van der Waals surface area contributed by atoms with Gasteiger partial charge < -0.3 is 5.11 Å². The molecule has 0 saturated heterocycles. The Kier molecular flexibility index (Phi) is 4.90. The third-order valence-corrected chi connectivity index (χ3v) is 4.02. The van der Waals surface area contributed by atoms with Crippen LogP contribution in [0.5, 0.6) is 0 Å². The molecule has 2 aromatic rings. The van der Waals surface area contributed by atoms with Crippen LogP contribution in [-0.4, -0.2) is 5.11 Å². The van der Waals surface area contributed by atoms with Crippen molar-refractivity contribution >= 4 is 23.2 Å². The minimum Gasteiger partial charge on any atom is -0.385 e. The Balaban J connectivity index is 2.29. The number of aliphatic hydroxyl groups is 1. The van der Waals surface area contributed by atoms with E-state index in [4.69, 9.17) is 28.5 Å². The maximum atomic E-state index is 10.4. The summed E-state index contributed by atoms with van der Waals surface area (Å²) in [6, 6.07) is 15.0. The van der Waals surface area contributed by atoms with E-state index in [9.17, 15) is 5.11 Å². The molecular weight excluding hydrogens is 305 g/mol. The Bertz CT molecular complexity index is 672. The minimum atomic E-state index is -1.00. The van der Waals surface area contributed by atoms with Gasteiger partial charge >= 0.3 is 0 Å². The second kappa shape index (κ2) is 6.49. The van der Waals surface area contributed by atoms with Gasteiger partial charge in [-0.25, -0.2) is 0 Å². The summed E-state index contributed by atoms with van der Waals surface area (Å²) in [5.41, 5.74) is 1.63. The predicted octanol–water partition coefficient (Wildman–Crippen LogP) is 5.17. The summed E-state index contributed by atoms with van der Waals surface area (Å²) in [5.74, 6) is 0. The molecule has 1 N–H and O–H groups in total. The highest BCUT2D eigenvalue weighted by molar-refractivity contribution is 6.36. The maximum Gasteiger partial charge on any atom is 0.0878 e. The van der Waals surface area contributed by atoms with Gasteiger partial charge in [0, 0.05) is 22.0 Å². The normalized spacial score (nSPS) is 13.5. The highest BCUT2D eigenvalue weighted by Gasteiger charge is 2.22. The van der Waals surface area contributed by atoms with Crippen molar-refractivity contribution in [3.63, 3.8) is 0 Å². The van der Waals surface area contributed by atoms with Gasteiger partial charge in [0.1, 0.15) is 0 Å². The molecule has 4 heteroatoms. The molecule has 0 saturated carbocycles. The van der Waals surface area contributed by atoms with Crippen molar-refractivity contribution in [1.82, 2.24) is 0 Å². The molecular formula is C17H15Cl2NO. The second-order valence-electron chi connectivity index (χ2n) is 5.13. The molecule has 0 fully saturated rings. The zero-order valence-electron chi connectivity index (χ0n) is 11.6. The molecule has 0 radical (unpaired) electrons. The molecule has 0 aliphatic rings. The number of halogens is 2. The Morgan fingerprint density at radius 2 is 1.81 bits per heavy atom. The van der Waals surface area contributed by atoms with Crippen LogP contribution in [0.3, 0.4) is 0 Å². The molecule has 0 aliphatic carbocycles. The Hall–Kier alpha value is -1.53. The van der Waals surface area contributed by atoms with Crippen LogP contribution in [0, 0.1) is 11.3 Å². The molecule has 0 amide bonds. The van der Waals surface area contributed by atoms with E-state index in [2.05, 4.69) is 6.07 Å². The van der Waals surface area contributed by atoms with E-state index in [1.54, 1.807) is 19.1 Å². The van der Waals surface area contributed by atoms with Crippen molar-refractivity contribution in [2.75, 3.05) is 0 Å². The van der Waals surface area contributed by atoms with Crippen LogP contribution in [0.25, 0.3) is 11.1 Å². The fraction of sp³-hybridized carbons (Fsp3) is 0.235. The summed E-state index contributed by atoms with van der Waals surface area (Å²) >= 11 is 12.1. The third-order valence-electron chi connectivity index (χ3n) is 3.47. The number of nitrogens with zero attached hydrogens (tertiary/aromatic N) is 1. The van der Waals surface area contributed by atoms with Crippen LogP contribution in [0.1, 0.15) is 25.3 Å². The van der Waals surface area contributed by atoms with Gasteiger partial charge in [0.15, 0.2) is 0 Å². The molecule has 0 heterocycles. The molecule has 21 heavy (non-hydrogen) atoms. The molecule has 2 aromatic carbocycles. The highest BCUT2D eigenvalue weighted by Crippen LogP contribution is 2.32. The summed E-state index contributed by atoms with van der Waals surface area (Å²) in [4.78, 5) is 0. The average molecular weight is 320 g/mol. The van der Waals surface area contributed by atoms with E-state index in [1.165, 1.54) is 0 Å². The number of rotatable bonds is 4. The van der Waals surface area contributed by atoms with E-state index in [0.717, 1.165) is 16.7 Å². The Labute approximate surface area is 134 Å². The topological polar surface area (TPSA) is 44.0 Å². The fourth-order valence-corrected chi connectivity index (χ4v) is 2.69. The molecule has 0 spiro atoms. The van der Waals surface area contributed by atoms with Crippen LogP contribution < -0.4 is 0 Å². The van der Waals surface area contributed by atoms with Crippen molar-refractivity contribution in [2.24, 2.45) is 0 Å². The van der Waals surface area contributed by atoms with Gasteiger partial charge in [-0.2, -0.15) is 5.26 Å². The van der Waals surface area contributed by atoms with Gasteiger partial charge in [-0.3, -0.25) is 0 Å². The predicted molar refractivity (Wildman–Crippen MR) is 86.3 cm³/mol. The first-order valence-electron chi connectivity index (χ1n) is 6.59. The molecule has 2 rings (SSSR count). The van der Waals surface area contributed by atoms with E-state index in [1.807, 2.05) is 30.3 Å². The maximum absolute atomic E-state index is 10.4. The standard InChI is InChI=1S/C17H15Cl2NO/c1-17(21,9-2-10-20)13-5-3-12(4-6-13)15-8-7-14(18)11-16(15)19/h3-8,11,21H,2,9H2,1H3. The number of nitriles is 1. The first-order chi connectivity index (χ1) is 9.94. The molecule has 0 aliphatic heterocycles. The summed E-state index contributed by atoms with van der Waals surface area (Å²) in [7, 11) is 0. The van der Waals surface area contributed by atoms with E-state index < -0.39 is 5.60 Å². The van der Waals surface area contributed by atoms with Gasteiger partial charge in [-0.05, 0) is 36.6 Å². The lowest BCUT2D eigenvalue weighted by molar-refractivity contribution is 0.0492. The third kappa shape index (κ3) is 3.77. The van der Waals surface area contributed by atoms with Gasteiger partial charge in [-0.1, -0.05) is 53.5 Å². The van der Waals surface area contributed by atoms with Crippen LogP contribution in [0.2, 0.25) is 10.0 Å². The smallest absolute Gasteiger partial charge is 0.0878 e. The van der Waals surface area contributed by atoms with Gasteiger partial charge in [-0.15, -0.1) is 0 Å². The van der Waals surface area contributed by atoms with Crippen LogP contribution >= 0.6 is 23.2 Å². The quantitative estimate of drug-likeness (QED) is 0.844. The lowest BCUT2D eigenvalue weighted by atomic mass is 9.90. The Morgan fingerprint density at radius 3 is 2.38 bits per heavy atom. The van der Waals surface area contributed by atoms with Crippen LogP contribution in [0.15, 0.2) is 42.5 Å². The monoisotopic (exact) mass is 319 g/mol. The number of hydrogen-bond donors (Lipinski definition) is 1. The van der Waals surface area contributed by atoms with Gasteiger partial charge in [0.05, 0.1) is 11.7 Å². The van der Waals surface area contributed by atoms with Gasteiger partial charge in [0.25, 0.3) is 0 Å². The van der Waals surface area contributed by atoms with Crippen LogP contribution in [0.4, 0.5) is 0 Å². The Morgan fingerprint density at radius 1 is 1.14 bits per heavy atom. The largest absolute Gasteiger partial charge is 0.385 e. The van der Waals surface area contributed by atoms with Crippen molar-refractivity contribution in [3.8, 4) is 17.2 Å². The number of benzene rings is 2. The van der Waals surface area contributed by atoms with Crippen molar-refractivity contribution in [3.05, 3.63) is 58.1 Å². The molecule has 1 atom stereocenters. The first-order valence-corrected chi connectivity index (χ1v) is 7.35. The van der Waals surface area contributed by atoms with E-state index in [0.29, 0.717) is 22.9 Å². The van der Waals surface area contributed by atoms with Gasteiger partial charge in [0.2, 0.25) is 0 Å². The fourth-order valence-electron chi connectivity index (χ4n) is 2.18. The average Bonchev–Trinajstić information content (AvgIpc) is 2.45. The molecule has 0 aromatic heterocycles. The first kappa shape index (κ1) is 15.9. The van der Waals surface area contributed by atoms with Crippen LogP contribution in [-0.2, 0) is 5.60 Å². The zero-order chi connectivity index (χ0) is 15.5. The lowest BCUT2D eigenvalue weighted by Gasteiger charge is -2.23. The van der Waals surface area contributed by atoms with Crippen molar-refractivity contribution in [2.45, 2.75) is 25.4 Å². The number of hydrogen-bond acceptors (Lipinski definition) is 2. The summed E-state index contributed by atoms with van der Waals surface area (Å²) < 4.78 is 0. The zero-order valence-corrected chi connectivity index (χ0v) is 13.1. The molecule has 2 nitrogen and oxygen atoms in total.